The molecular formula is C17H28N4O2S. The molecule has 2 aliphatic rings. The summed E-state index contributed by atoms with van der Waals surface area (Å²) in [6, 6.07) is 0. The van der Waals surface area contributed by atoms with Crippen molar-refractivity contribution in [3.05, 3.63) is 16.1 Å². The quantitative estimate of drug-likeness (QED) is 0.646. The Labute approximate surface area is 148 Å². The number of hydrogen-bond acceptors (Lipinski definition) is 5. The highest BCUT2D eigenvalue weighted by Crippen LogP contribution is 2.21. The van der Waals surface area contributed by atoms with Crippen LogP contribution in [0.25, 0.3) is 0 Å². The Morgan fingerprint density at radius 3 is 3.00 bits per heavy atom. The van der Waals surface area contributed by atoms with Crippen molar-refractivity contribution >= 4 is 17.3 Å². The van der Waals surface area contributed by atoms with Crippen LogP contribution in [0, 0.1) is 0 Å². The molecule has 2 atom stereocenters. The van der Waals surface area contributed by atoms with Gasteiger partial charge in [0, 0.05) is 50.8 Å². The fourth-order valence-corrected chi connectivity index (χ4v) is 4.09. The molecule has 0 aromatic carbocycles. The minimum atomic E-state index is 0.158. The number of morpholine rings is 1. The van der Waals surface area contributed by atoms with E-state index in [2.05, 4.69) is 27.1 Å². The first-order valence-electron chi connectivity index (χ1n) is 8.92. The van der Waals surface area contributed by atoms with Crippen molar-refractivity contribution in [3.8, 4) is 0 Å². The summed E-state index contributed by atoms with van der Waals surface area (Å²) >= 11 is 1.80. The molecule has 2 fully saturated rings. The van der Waals surface area contributed by atoms with Crippen LogP contribution in [0.1, 0.15) is 29.7 Å². The lowest BCUT2D eigenvalue weighted by molar-refractivity contribution is -0.0816. The fourth-order valence-electron chi connectivity index (χ4n) is 3.23. The number of ether oxygens (including phenoxy) is 2. The summed E-state index contributed by atoms with van der Waals surface area (Å²) in [5, 5.41) is 4.66. The molecule has 3 rings (SSSR count). The zero-order chi connectivity index (χ0) is 16.8. The van der Waals surface area contributed by atoms with Crippen molar-refractivity contribution in [2.45, 2.75) is 44.8 Å². The van der Waals surface area contributed by atoms with E-state index < -0.39 is 0 Å². The Balaban J connectivity index is 1.48. The van der Waals surface area contributed by atoms with Gasteiger partial charge >= 0.3 is 0 Å². The van der Waals surface area contributed by atoms with E-state index in [0.29, 0.717) is 0 Å². The number of nitrogens with one attached hydrogen (secondary N) is 1. The first-order chi connectivity index (χ1) is 11.8. The van der Waals surface area contributed by atoms with Crippen LogP contribution in [-0.4, -0.2) is 67.9 Å². The third kappa shape index (κ3) is 4.46. The maximum atomic E-state index is 5.92. The first kappa shape index (κ1) is 17.6. The molecule has 0 radical (unpaired) electrons. The lowest BCUT2D eigenvalue weighted by Gasteiger charge is -2.37. The molecule has 134 valence electrons. The Hall–Kier alpha value is -1.18. The molecule has 0 spiro atoms. The second kappa shape index (κ2) is 8.78. The maximum absolute atomic E-state index is 5.92. The van der Waals surface area contributed by atoms with Gasteiger partial charge in [-0.1, -0.05) is 6.92 Å². The summed E-state index contributed by atoms with van der Waals surface area (Å²) < 4.78 is 11.7. The predicted octanol–water partition coefficient (Wildman–Crippen LogP) is 1.70. The first-order valence-corrected chi connectivity index (χ1v) is 9.74. The predicted molar refractivity (Wildman–Crippen MR) is 96.8 cm³/mol. The van der Waals surface area contributed by atoms with E-state index in [4.69, 9.17) is 9.47 Å². The minimum absolute atomic E-state index is 0.158. The van der Waals surface area contributed by atoms with Crippen LogP contribution in [0.2, 0.25) is 0 Å². The number of aromatic nitrogens is 1. The van der Waals surface area contributed by atoms with Crippen molar-refractivity contribution in [3.63, 3.8) is 0 Å². The van der Waals surface area contributed by atoms with Crippen LogP contribution < -0.4 is 5.32 Å². The molecule has 0 aliphatic carbocycles. The number of aliphatic imine (C=N–C) groups is 1. The van der Waals surface area contributed by atoms with Crippen LogP contribution in [0.4, 0.5) is 0 Å². The van der Waals surface area contributed by atoms with E-state index >= 15 is 0 Å². The third-order valence-electron chi connectivity index (χ3n) is 4.56. The van der Waals surface area contributed by atoms with Crippen LogP contribution in [0.3, 0.4) is 0 Å². The van der Waals surface area contributed by atoms with Crippen molar-refractivity contribution < 1.29 is 9.47 Å². The van der Waals surface area contributed by atoms with E-state index in [1.54, 1.807) is 11.3 Å². The summed E-state index contributed by atoms with van der Waals surface area (Å²) in [7, 11) is 1.84. The van der Waals surface area contributed by atoms with Crippen LogP contribution in [0.5, 0.6) is 0 Å². The largest absolute Gasteiger partial charge is 0.375 e. The van der Waals surface area contributed by atoms with Gasteiger partial charge in [-0.3, -0.25) is 4.99 Å². The average molecular weight is 353 g/mol. The SMILES string of the molecule is CCc1cnc(CCNC(=NC)N2CCOC(C3CCCO3)C2)s1. The molecule has 0 bridgehead atoms. The van der Waals surface area contributed by atoms with Gasteiger partial charge in [0.2, 0.25) is 0 Å². The van der Waals surface area contributed by atoms with Gasteiger partial charge in [0.25, 0.3) is 0 Å². The van der Waals surface area contributed by atoms with Gasteiger partial charge in [-0.25, -0.2) is 4.98 Å². The van der Waals surface area contributed by atoms with Crippen LogP contribution in [0.15, 0.2) is 11.2 Å². The molecule has 1 aromatic rings. The summed E-state index contributed by atoms with van der Waals surface area (Å²) in [5.41, 5.74) is 0. The van der Waals surface area contributed by atoms with E-state index in [-0.39, 0.29) is 12.2 Å². The molecule has 1 aromatic heterocycles. The molecule has 2 saturated heterocycles. The highest BCUT2D eigenvalue weighted by atomic mass is 32.1. The number of rotatable bonds is 5. The van der Waals surface area contributed by atoms with E-state index in [1.165, 1.54) is 9.88 Å². The number of nitrogens with zero attached hydrogens (tertiary/aromatic N) is 3. The Bertz CT molecular complexity index is 542. The molecular weight excluding hydrogens is 324 g/mol. The Morgan fingerprint density at radius 1 is 1.42 bits per heavy atom. The summed E-state index contributed by atoms with van der Waals surface area (Å²) in [6.07, 6.45) is 6.64. The van der Waals surface area contributed by atoms with Crippen LogP contribution in [-0.2, 0) is 22.3 Å². The highest BCUT2D eigenvalue weighted by Gasteiger charge is 2.32. The lowest BCUT2D eigenvalue weighted by atomic mass is 10.1. The van der Waals surface area contributed by atoms with Gasteiger partial charge in [-0.15, -0.1) is 11.3 Å². The smallest absolute Gasteiger partial charge is 0.193 e. The van der Waals surface area contributed by atoms with E-state index in [9.17, 15) is 0 Å². The molecule has 6 nitrogen and oxygen atoms in total. The molecule has 24 heavy (non-hydrogen) atoms. The van der Waals surface area contributed by atoms with E-state index in [1.807, 2.05) is 13.2 Å². The Morgan fingerprint density at radius 2 is 2.29 bits per heavy atom. The average Bonchev–Trinajstić information content (AvgIpc) is 3.30. The third-order valence-corrected chi connectivity index (χ3v) is 5.76. The number of guanidine groups is 1. The monoisotopic (exact) mass is 352 g/mol. The number of aryl methyl sites for hydroxylation is 1. The van der Waals surface area contributed by atoms with Gasteiger partial charge in [0.05, 0.1) is 17.7 Å². The zero-order valence-electron chi connectivity index (χ0n) is 14.7. The van der Waals surface area contributed by atoms with Gasteiger partial charge in [0.15, 0.2) is 5.96 Å². The van der Waals surface area contributed by atoms with Gasteiger partial charge < -0.3 is 19.7 Å². The standard InChI is InChI=1S/C17H28N4O2S/c1-3-13-11-20-16(24-13)6-7-19-17(18-2)21-8-10-23-15(12-21)14-5-4-9-22-14/h11,14-15H,3-10,12H2,1-2H3,(H,18,19). The molecule has 7 heteroatoms. The van der Waals surface area contributed by atoms with Crippen molar-refractivity contribution in [1.82, 2.24) is 15.2 Å². The van der Waals surface area contributed by atoms with E-state index in [0.717, 1.165) is 64.5 Å². The molecule has 2 unspecified atom stereocenters. The zero-order valence-corrected chi connectivity index (χ0v) is 15.5. The lowest BCUT2D eigenvalue weighted by Crippen LogP contribution is -2.53. The van der Waals surface area contributed by atoms with Gasteiger partial charge in [-0.2, -0.15) is 0 Å². The minimum Gasteiger partial charge on any atom is -0.375 e. The summed E-state index contributed by atoms with van der Waals surface area (Å²) in [5.74, 6) is 0.952. The molecule has 2 aliphatic heterocycles. The summed E-state index contributed by atoms with van der Waals surface area (Å²) in [4.78, 5) is 12.6. The molecule has 3 heterocycles. The number of thiazole rings is 1. The summed E-state index contributed by atoms with van der Waals surface area (Å²) in [6.45, 7) is 6.34. The van der Waals surface area contributed by atoms with Gasteiger partial charge in [-0.05, 0) is 19.3 Å². The fraction of sp³-hybridized carbons (Fsp3) is 0.765. The topological polar surface area (TPSA) is 59.0 Å². The van der Waals surface area contributed by atoms with Crippen LogP contribution >= 0.6 is 11.3 Å². The molecule has 0 saturated carbocycles. The van der Waals surface area contributed by atoms with Gasteiger partial charge in [0.1, 0.15) is 6.10 Å². The van der Waals surface area contributed by atoms with Crippen molar-refractivity contribution in [2.24, 2.45) is 4.99 Å². The maximum Gasteiger partial charge on any atom is 0.193 e. The second-order valence-corrected chi connectivity index (χ2v) is 7.40. The second-order valence-electron chi connectivity index (χ2n) is 6.20. The molecule has 1 N–H and O–H groups in total. The molecule has 0 amide bonds. The highest BCUT2D eigenvalue weighted by molar-refractivity contribution is 7.11. The normalized spacial score (nSPS) is 25.2. The Kier molecular flexibility index (Phi) is 6.45. The van der Waals surface area contributed by atoms with Crippen molar-refractivity contribution in [1.29, 1.82) is 0 Å². The number of hydrogen-bond donors (Lipinski definition) is 1. The van der Waals surface area contributed by atoms with Crippen molar-refractivity contribution in [2.75, 3.05) is 39.9 Å².